The molecule has 20 heavy (non-hydrogen) atoms. The van der Waals surface area contributed by atoms with E-state index in [1.807, 2.05) is 6.92 Å². The fraction of sp³-hybridized carbons (Fsp3) is 0.143. The Morgan fingerprint density at radius 3 is 2.25 bits per heavy atom. The van der Waals surface area contributed by atoms with E-state index >= 15 is 0 Å². The highest BCUT2D eigenvalue weighted by Gasteiger charge is 2.19. The number of aryl methyl sites for hydroxylation is 1. The van der Waals surface area contributed by atoms with E-state index in [0.717, 1.165) is 5.56 Å². The van der Waals surface area contributed by atoms with E-state index in [1.54, 1.807) is 24.3 Å². The van der Waals surface area contributed by atoms with Gasteiger partial charge in [-0.25, -0.2) is 0 Å². The van der Waals surface area contributed by atoms with E-state index in [1.165, 1.54) is 25.3 Å². The highest BCUT2D eigenvalue weighted by Crippen LogP contribution is 2.32. The van der Waals surface area contributed by atoms with Gasteiger partial charge in [0.1, 0.15) is 4.90 Å². The van der Waals surface area contributed by atoms with Crippen LogP contribution in [0, 0.1) is 6.92 Å². The van der Waals surface area contributed by atoms with Crippen LogP contribution in [0.2, 0.25) is 5.02 Å². The van der Waals surface area contributed by atoms with Gasteiger partial charge in [0.05, 0.1) is 7.11 Å². The van der Waals surface area contributed by atoms with Gasteiger partial charge in [0.15, 0.2) is 11.5 Å². The predicted molar refractivity (Wildman–Crippen MR) is 77.0 cm³/mol. The van der Waals surface area contributed by atoms with Crippen molar-refractivity contribution >= 4 is 21.7 Å². The van der Waals surface area contributed by atoms with Crippen LogP contribution in [-0.2, 0) is 10.1 Å². The number of benzene rings is 2. The van der Waals surface area contributed by atoms with Crippen LogP contribution in [0.15, 0.2) is 47.4 Å². The fourth-order valence-corrected chi connectivity index (χ4v) is 2.68. The molecule has 6 heteroatoms. The summed E-state index contributed by atoms with van der Waals surface area (Å²) in [4.78, 5) is 0.0742. The van der Waals surface area contributed by atoms with E-state index in [0.29, 0.717) is 10.8 Å². The first-order valence-electron chi connectivity index (χ1n) is 5.77. The first kappa shape index (κ1) is 14.7. The summed E-state index contributed by atoms with van der Waals surface area (Å²) in [5.41, 5.74) is 0.962. The normalized spacial score (nSPS) is 11.2. The number of halogens is 1. The molecule has 0 aliphatic heterocycles. The average molecular weight is 313 g/mol. The zero-order chi connectivity index (χ0) is 14.8. The monoisotopic (exact) mass is 312 g/mol. The molecule has 0 radical (unpaired) electrons. The quantitative estimate of drug-likeness (QED) is 0.812. The standard InChI is InChI=1S/C14H13ClO4S/c1-10-3-6-12(7-4-10)20(16,17)19-14-9-11(15)5-8-13(14)18-2/h3-9H,1-2H3. The molecule has 0 N–H and O–H groups in total. The molecular formula is C14H13ClO4S. The lowest BCUT2D eigenvalue weighted by atomic mass is 10.2. The maximum Gasteiger partial charge on any atom is 0.339 e. The van der Waals surface area contributed by atoms with Gasteiger partial charge in [0, 0.05) is 11.1 Å². The molecule has 2 aromatic carbocycles. The third-order valence-electron chi connectivity index (χ3n) is 2.63. The van der Waals surface area contributed by atoms with Crippen molar-refractivity contribution in [1.29, 1.82) is 0 Å². The van der Waals surface area contributed by atoms with Gasteiger partial charge < -0.3 is 8.92 Å². The summed E-state index contributed by atoms with van der Waals surface area (Å²) >= 11 is 5.84. The number of ether oxygens (including phenoxy) is 1. The van der Waals surface area contributed by atoms with Crippen LogP contribution in [0.25, 0.3) is 0 Å². The van der Waals surface area contributed by atoms with Gasteiger partial charge in [-0.1, -0.05) is 29.3 Å². The molecule has 0 fully saturated rings. The van der Waals surface area contributed by atoms with Crippen LogP contribution in [0.5, 0.6) is 11.5 Å². The van der Waals surface area contributed by atoms with Crippen LogP contribution < -0.4 is 8.92 Å². The Morgan fingerprint density at radius 2 is 1.65 bits per heavy atom. The minimum absolute atomic E-state index is 0.0561. The molecule has 2 rings (SSSR count). The second kappa shape index (κ2) is 5.73. The molecule has 0 aliphatic carbocycles. The van der Waals surface area contributed by atoms with E-state index < -0.39 is 10.1 Å². The molecule has 0 saturated heterocycles. The van der Waals surface area contributed by atoms with Crippen molar-refractivity contribution in [3.8, 4) is 11.5 Å². The summed E-state index contributed by atoms with van der Waals surface area (Å²) < 4.78 is 34.5. The van der Waals surface area contributed by atoms with Gasteiger partial charge in [-0.05, 0) is 31.2 Å². The third-order valence-corrected chi connectivity index (χ3v) is 4.12. The predicted octanol–water partition coefficient (Wildman–Crippen LogP) is 3.42. The summed E-state index contributed by atoms with van der Waals surface area (Å²) in [6.07, 6.45) is 0. The molecule has 2 aromatic rings. The van der Waals surface area contributed by atoms with Crippen molar-refractivity contribution in [3.05, 3.63) is 53.1 Å². The number of hydrogen-bond donors (Lipinski definition) is 0. The van der Waals surface area contributed by atoms with Crippen molar-refractivity contribution in [2.45, 2.75) is 11.8 Å². The van der Waals surface area contributed by atoms with E-state index in [9.17, 15) is 8.42 Å². The highest BCUT2D eigenvalue weighted by molar-refractivity contribution is 7.87. The summed E-state index contributed by atoms with van der Waals surface area (Å²) in [5, 5.41) is 0.361. The Kier molecular flexibility index (Phi) is 4.20. The Hall–Kier alpha value is -1.72. The number of methoxy groups -OCH3 is 1. The molecule has 0 amide bonds. The number of rotatable bonds is 4. The molecule has 0 atom stereocenters. The molecule has 0 aliphatic rings. The Balaban J connectivity index is 2.37. The molecular weight excluding hydrogens is 300 g/mol. The van der Waals surface area contributed by atoms with E-state index in [-0.39, 0.29) is 10.6 Å². The van der Waals surface area contributed by atoms with E-state index in [2.05, 4.69) is 0 Å². The Morgan fingerprint density at radius 1 is 1.00 bits per heavy atom. The number of hydrogen-bond acceptors (Lipinski definition) is 4. The maximum absolute atomic E-state index is 12.2. The SMILES string of the molecule is COc1ccc(Cl)cc1OS(=O)(=O)c1ccc(C)cc1. The van der Waals surface area contributed by atoms with Crippen molar-refractivity contribution in [3.63, 3.8) is 0 Å². The van der Waals surface area contributed by atoms with Gasteiger partial charge >= 0.3 is 10.1 Å². The smallest absolute Gasteiger partial charge is 0.339 e. The molecule has 106 valence electrons. The second-order valence-corrected chi connectivity index (χ2v) is 6.13. The van der Waals surface area contributed by atoms with Crippen molar-refractivity contribution in [1.82, 2.24) is 0 Å². The third kappa shape index (κ3) is 3.23. The molecule has 0 bridgehead atoms. The zero-order valence-electron chi connectivity index (χ0n) is 11.0. The van der Waals surface area contributed by atoms with Gasteiger partial charge in [-0.15, -0.1) is 0 Å². The molecule has 4 nitrogen and oxygen atoms in total. The Bertz CT molecular complexity index is 708. The molecule has 0 saturated carbocycles. The van der Waals surface area contributed by atoms with Crippen molar-refractivity contribution in [2.24, 2.45) is 0 Å². The largest absolute Gasteiger partial charge is 0.493 e. The average Bonchev–Trinajstić information content (AvgIpc) is 2.39. The van der Waals surface area contributed by atoms with Gasteiger partial charge in [-0.2, -0.15) is 8.42 Å². The lowest BCUT2D eigenvalue weighted by Crippen LogP contribution is -2.10. The second-order valence-electron chi connectivity index (χ2n) is 4.15. The minimum Gasteiger partial charge on any atom is -0.493 e. The maximum atomic E-state index is 12.2. The van der Waals surface area contributed by atoms with Crippen LogP contribution >= 0.6 is 11.6 Å². The molecule has 0 heterocycles. The van der Waals surface area contributed by atoms with Gasteiger partial charge in [0.25, 0.3) is 0 Å². The first-order chi connectivity index (χ1) is 9.42. The van der Waals surface area contributed by atoms with Crippen molar-refractivity contribution in [2.75, 3.05) is 7.11 Å². The van der Waals surface area contributed by atoms with Crippen LogP contribution in [-0.4, -0.2) is 15.5 Å². The van der Waals surface area contributed by atoms with E-state index in [4.69, 9.17) is 20.5 Å². The van der Waals surface area contributed by atoms with Gasteiger partial charge in [-0.3, -0.25) is 0 Å². The topological polar surface area (TPSA) is 52.6 Å². The first-order valence-corrected chi connectivity index (χ1v) is 7.56. The lowest BCUT2D eigenvalue weighted by molar-refractivity contribution is 0.390. The molecule has 0 unspecified atom stereocenters. The van der Waals surface area contributed by atoms with Crippen molar-refractivity contribution < 1.29 is 17.3 Å². The molecule has 0 spiro atoms. The van der Waals surface area contributed by atoms with Crippen LogP contribution in [0.1, 0.15) is 5.56 Å². The summed E-state index contributed by atoms with van der Waals surface area (Å²) in [5.74, 6) is 0.352. The lowest BCUT2D eigenvalue weighted by Gasteiger charge is -2.11. The zero-order valence-corrected chi connectivity index (χ0v) is 12.5. The van der Waals surface area contributed by atoms with Crippen LogP contribution in [0.3, 0.4) is 0 Å². The van der Waals surface area contributed by atoms with Crippen LogP contribution in [0.4, 0.5) is 0 Å². The Labute approximate surface area is 123 Å². The fourth-order valence-electron chi connectivity index (χ4n) is 1.59. The highest BCUT2D eigenvalue weighted by atomic mass is 35.5. The minimum atomic E-state index is -3.92. The van der Waals surface area contributed by atoms with Gasteiger partial charge in [0.2, 0.25) is 0 Å². The summed E-state index contributed by atoms with van der Waals surface area (Å²) in [6.45, 7) is 1.87. The molecule has 0 aromatic heterocycles. The summed E-state index contributed by atoms with van der Waals surface area (Å²) in [6, 6.07) is 10.9. The summed E-state index contributed by atoms with van der Waals surface area (Å²) in [7, 11) is -2.49.